The number of anilines is 1. The minimum atomic E-state index is -5.80. The number of thioether (sulfide) groups is 1. The van der Waals surface area contributed by atoms with E-state index < -0.39 is 24.1 Å². The van der Waals surface area contributed by atoms with Crippen molar-refractivity contribution in [3.05, 3.63) is 100 Å². The van der Waals surface area contributed by atoms with E-state index >= 15 is 0 Å². The van der Waals surface area contributed by atoms with E-state index in [2.05, 4.69) is 46.2 Å². The molecular weight excluding hydrogens is 710 g/mol. The van der Waals surface area contributed by atoms with Crippen molar-refractivity contribution in [1.29, 1.82) is 0 Å². The van der Waals surface area contributed by atoms with Crippen LogP contribution in [-0.2, 0) is 17.6 Å². The van der Waals surface area contributed by atoms with Gasteiger partial charge in [-0.1, -0.05) is 61.4 Å². The van der Waals surface area contributed by atoms with Crippen molar-refractivity contribution in [1.82, 2.24) is 0 Å². The van der Waals surface area contributed by atoms with Gasteiger partial charge in [0.25, 0.3) is 0 Å². The van der Waals surface area contributed by atoms with Gasteiger partial charge >= 0.3 is 18.3 Å². The van der Waals surface area contributed by atoms with Gasteiger partial charge in [0, 0.05) is 23.4 Å². The molecule has 0 bridgehead atoms. The Kier molecular flexibility index (Phi) is 13.3. The van der Waals surface area contributed by atoms with Crippen LogP contribution in [0.3, 0.4) is 0 Å². The highest BCUT2D eigenvalue weighted by atomic mass is 32.2. The average molecular weight is 754 g/mol. The van der Waals surface area contributed by atoms with Crippen molar-refractivity contribution in [2.75, 3.05) is 11.1 Å². The Hall–Kier alpha value is -4.32. The molecule has 0 spiro atoms. The SMILES string of the molecule is CCCc1ccc(C)cc1C1CC/C(=N/C(=O)Nc2ccc(/C3=C\CCCC(CCc4ccc(OC(F)(F)C(F)(F)F)cc4)C=N3)c(C)c2)SCC1=O. The third-order valence-electron chi connectivity index (χ3n) is 9.44. The molecule has 2 heterocycles. The minimum Gasteiger partial charge on any atom is -0.426 e. The quantitative estimate of drug-likeness (QED) is 0.209. The lowest BCUT2D eigenvalue weighted by Gasteiger charge is -2.20. The number of hydrogen-bond donors (Lipinski definition) is 1. The third kappa shape index (κ3) is 10.9. The van der Waals surface area contributed by atoms with Crippen LogP contribution in [0.1, 0.15) is 91.2 Å². The van der Waals surface area contributed by atoms with Crippen molar-refractivity contribution in [2.45, 2.75) is 96.8 Å². The number of carbonyl (C=O) groups excluding carboxylic acids is 2. The van der Waals surface area contributed by atoms with Gasteiger partial charge in [0.1, 0.15) is 5.75 Å². The highest BCUT2D eigenvalue weighted by Crippen LogP contribution is 2.38. The third-order valence-corrected chi connectivity index (χ3v) is 10.5. The number of alkyl halides is 5. The van der Waals surface area contributed by atoms with Gasteiger partial charge in [-0.25, -0.2) is 4.79 Å². The Balaban J connectivity index is 1.16. The summed E-state index contributed by atoms with van der Waals surface area (Å²) in [6.07, 6.45) is -0.00300. The Labute approximate surface area is 311 Å². The van der Waals surface area contributed by atoms with Crippen molar-refractivity contribution in [2.24, 2.45) is 15.9 Å². The van der Waals surface area contributed by atoms with E-state index in [0.29, 0.717) is 30.0 Å². The van der Waals surface area contributed by atoms with Crippen LogP contribution >= 0.6 is 11.8 Å². The van der Waals surface area contributed by atoms with Crippen LogP contribution in [0.15, 0.2) is 76.7 Å². The van der Waals surface area contributed by atoms with Crippen LogP contribution in [0.2, 0.25) is 0 Å². The first-order valence-corrected chi connectivity index (χ1v) is 18.9. The molecule has 6 nitrogen and oxygen atoms in total. The van der Waals surface area contributed by atoms with Gasteiger partial charge in [-0.15, -0.1) is 11.8 Å². The van der Waals surface area contributed by atoms with Gasteiger partial charge in [-0.05, 0) is 118 Å². The number of Topliss-reactive ketones (excluding diaryl/α,β-unsaturated/α-hetero) is 1. The molecule has 53 heavy (non-hydrogen) atoms. The number of benzene rings is 3. The fourth-order valence-electron chi connectivity index (χ4n) is 6.61. The predicted octanol–water partition coefficient (Wildman–Crippen LogP) is 11.4. The van der Waals surface area contributed by atoms with Crippen LogP contribution in [-0.4, -0.2) is 41.1 Å². The summed E-state index contributed by atoms with van der Waals surface area (Å²) in [7, 11) is 0. The number of ketones is 1. The molecule has 0 aliphatic carbocycles. The smallest absolute Gasteiger partial charge is 0.426 e. The standard InChI is InChI=1S/C41H44F5N3O3S/c1-4-7-30-15-10-26(2)22-35(30)34-20-21-38(53-25-37(34)50)49-39(51)48-31-16-19-33(27(3)23-31)36-9-6-5-8-29(24-47-36)12-11-28-13-17-32(18-14-28)52-41(45,46)40(42,43)44/h9-10,13-19,22-24,29,34H,4-8,11-12,20-21,25H2,1-3H3,(H,48,51)/b36-9+,47-24?,49-38-. The summed E-state index contributed by atoms with van der Waals surface area (Å²) in [5, 5.41) is 3.52. The second-order valence-corrected chi connectivity index (χ2v) is 14.7. The fourth-order valence-corrected chi connectivity index (χ4v) is 7.53. The highest BCUT2D eigenvalue weighted by molar-refractivity contribution is 8.14. The lowest BCUT2D eigenvalue weighted by molar-refractivity contribution is -0.360. The maximum atomic E-state index is 13.2. The number of carbonyl (C=O) groups is 2. The molecule has 2 unspecified atom stereocenters. The molecule has 1 saturated heterocycles. The van der Waals surface area contributed by atoms with E-state index in [1.807, 2.05) is 38.3 Å². The molecule has 12 heteroatoms. The van der Waals surface area contributed by atoms with Crippen molar-refractivity contribution in [3.63, 3.8) is 0 Å². The molecule has 2 atom stereocenters. The van der Waals surface area contributed by atoms with Gasteiger partial charge in [0.15, 0.2) is 5.78 Å². The van der Waals surface area contributed by atoms with Crippen molar-refractivity contribution >= 4 is 46.2 Å². The van der Waals surface area contributed by atoms with Crippen LogP contribution in [0.4, 0.5) is 32.4 Å². The number of aliphatic imine (C=N–C) groups is 2. The monoisotopic (exact) mass is 753 g/mol. The molecular formula is C41H44F5N3O3S. The maximum Gasteiger partial charge on any atom is 0.499 e. The van der Waals surface area contributed by atoms with Gasteiger partial charge in [-0.3, -0.25) is 9.79 Å². The molecule has 1 N–H and O–H groups in total. The zero-order valence-corrected chi connectivity index (χ0v) is 30.9. The fraction of sp³-hybridized carbons (Fsp3) is 0.415. The molecule has 0 saturated carbocycles. The zero-order chi connectivity index (χ0) is 38.2. The Morgan fingerprint density at radius 3 is 2.49 bits per heavy atom. The van der Waals surface area contributed by atoms with E-state index in [4.69, 9.17) is 4.99 Å². The number of ether oxygens (including phenoxy) is 1. The largest absolute Gasteiger partial charge is 0.499 e. The Bertz CT molecular complexity index is 1870. The van der Waals surface area contributed by atoms with Crippen molar-refractivity contribution < 1.29 is 36.3 Å². The average Bonchev–Trinajstić information content (AvgIpc) is 3.26. The Morgan fingerprint density at radius 1 is 1.00 bits per heavy atom. The lowest BCUT2D eigenvalue weighted by Crippen LogP contribution is -2.41. The molecule has 0 radical (unpaired) electrons. The molecule has 2 aliphatic rings. The summed E-state index contributed by atoms with van der Waals surface area (Å²) in [5.41, 5.74) is 7.50. The maximum absolute atomic E-state index is 13.2. The summed E-state index contributed by atoms with van der Waals surface area (Å²) >= 11 is 1.34. The van der Waals surface area contributed by atoms with Crippen LogP contribution in [0, 0.1) is 19.8 Å². The normalized spacial score (nSPS) is 20.3. The molecule has 5 rings (SSSR count). The number of hydrogen-bond acceptors (Lipinski definition) is 5. The summed E-state index contributed by atoms with van der Waals surface area (Å²) in [6, 6.07) is 16.7. The topological polar surface area (TPSA) is 80.1 Å². The van der Waals surface area contributed by atoms with E-state index in [-0.39, 0.29) is 23.4 Å². The number of amides is 2. The first kappa shape index (κ1) is 39.9. The number of allylic oxidation sites excluding steroid dienone is 1. The van der Waals surface area contributed by atoms with E-state index in [0.717, 1.165) is 84.2 Å². The van der Waals surface area contributed by atoms with E-state index in [1.54, 1.807) is 0 Å². The molecule has 282 valence electrons. The zero-order valence-electron chi connectivity index (χ0n) is 30.1. The Morgan fingerprint density at radius 2 is 1.77 bits per heavy atom. The van der Waals surface area contributed by atoms with Crippen LogP contribution in [0.5, 0.6) is 5.75 Å². The summed E-state index contributed by atoms with van der Waals surface area (Å²) in [4.78, 5) is 35.3. The number of halogens is 5. The second-order valence-electron chi connectivity index (χ2n) is 13.6. The molecule has 3 aromatic carbocycles. The summed E-state index contributed by atoms with van der Waals surface area (Å²) in [5.74, 6) is -0.177. The highest BCUT2D eigenvalue weighted by Gasteiger charge is 2.61. The first-order valence-electron chi connectivity index (χ1n) is 17.9. The summed E-state index contributed by atoms with van der Waals surface area (Å²) < 4.78 is 67.7. The summed E-state index contributed by atoms with van der Waals surface area (Å²) in [6.45, 7) is 6.12. The minimum absolute atomic E-state index is 0.143. The van der Waals surface area contributed by atoms with Gasteiger partial charge in [-0.2, -0.15) is 26.9 Å². The van der Waals surface area contributed by atoms with E-state index in [9.17, 15) is 31.5 Å². The molecule has 2 amide bonds. The molecule has 0 aromatic heterocycles. The molecule has 2 aliphatic heterocycles. The number of nitrogens with zero attached hydrogens (tertiary/aromatic N) is 2. The lowest BCUT2D eigenvalue weighted by atomic mass is 9.85. The second kappa shape index (κ2) is 17.7. The number of rotatable bonds is 10. The van der Waals surface area contributed by atoms with Gasteiger partial charge < -0.3 is 10.1 Å². The van der Waals surface area contributed by atoms with Gasteiger partial charge in [0.2, 0.25) is 0 Å². The van der Waals surface area contributed by atoms with Crippen molar-refractivity contribution in [3.8, 4) is 5.75 Å². The number of aryl methyl sites for hydroxylation is 4. The molecule has 1 fully saturated rings. The first-order chi connectivity index (χ1) is 25.2. The number of nitrogens with one attached hydrogen (secondary N) is 1. The predicted molar refractivity (Wildman–Crippen MR) is 202 cm³/mol. The number of urea groups is 1. The van der Waals surface area contributed by atoms with Crippen LogP contribution < -0.4 is 10.1 Å². The van der Waals surface area contributed by atoms with Crippen LogP contribution in [0.25, 0.3) is 5.70 Å². The van der Waals surface area contributed by atoms with E-state index in [1.165, 1.54) is 29.5 Å². The molecule has 3 aromatic rings. The van der Waals surface area contributed by atoms with Gasteiger partial charge in [0.05, 0.1) is 16.5 Å².